The molecule has 13 nitrogen and oxygen atoms in total. The number of rotatable bonds is 35. The smallest absolute Gasteiger partial charge is 0.111 e. The molecule has 0 radical (unpaired) electrons. The molecule has 0 aromatic carbocycles. The minimum Gasteiger partial charge on any atom is -0.510 e. The van der Waals surface area contributed by atoms with Crippen LogP contribution in [0.3, 0.4) is 0 Å². The lowest BCUT2D eigenvalue weighted by Gasteiger charge is -2.12. The lowest BCUT2D eigenvalue weighted by atomic mass is 10.4. The van der Waals surface area contributed by atoms with Crippen molar-refractivity contribution in [1.82, 2.24) is 0 Å². The lowest BCUT2D eigenvalue weighted by Crippen LogP contribution is -2.23. The molecule has 0 aliphatic carbocycles. The molecule has 238 valence electrons. The summed E-state index contributed by atoms with van der Waals surface area (Å²) >= 11 is 0. The molecule has 0 bridgehead atoms. The van der Waals surface area contributed by atoms with Crippen LogP contribution >= 0.6 is 0 Å². The van der Waals surface area contributed by atoms with Gasteiger partial charge in [-0.3, -0.25) is 0 Å². The first kappa shape index (κ1) is 38.8. The number of aliphatic hydroxyl groups excluding tert-OH is 2. The van der Waals surface area contributed by atoms with Crippen molar-refractivity contribution in [2.75, 3.05) is 145 Å². The van der Waals surface area contributed by atoms with Crippen molar-refractivity contribution in [3.8, 4) is 0 Å². The van der Waals surface area contributed by atoms with Gasteiger partial charge in [0.15, 0.2) is 0 Å². The first-order valence-electron chi connectivity index (χ1n) is 13.7. The average molecular weight is 585 g/mol. The van der Waals surface area contributed by atoms with Crippen LogP contribution in [0.25, 0.3) is 0 Å². The van der Waals surface area contributed by atoms with Crippen LogP contribution in [0.15, 0.2) is 25.0 Å². The highest BCUT2D eigenvalue weighted by atomic mass is 16.6. The first-order chi connectivity index (χ1) is 19.7. The summed E-state index contributed by atoms with van der Waals surface area (Å²) in [5, 5.41) is 18.5. The molecule has 0 aliphatic rings. The summed E-state index contributed by atoms with van der Waals surface area (Å²) in [6.07, 6.45) is 0.941. The fraction of sp³-hybridized carbons (Fsp3) is 0.852. The molecule has 1 unspecified atom stereocenters. The van der Waals surface area contributed by atoms with Crippen LogP contribution in [0.1, 0.15) is 0 Å². The fourth-order valence-electron chi connectivity index (χ4n) is 2.62. The third-order valence-corrected chi connectivity index (χ3v) is 4.47. The molecule has 0 saturated carbocycles. The summed E-state index contributed by atoms with van der Waals surface area (Å²) in [6.45, 7) is 16.4. The Balaban J connectivity index is 3.08. The largest absolute Gasteiger partial charge is 0.510 e. The Hall–Kier alpha value is -1.20. The van der Waals surface area contributed by atoms with Crippen molar-refractivity contribution < 1.29 is 62.3 Å². The van der Waals surface area contributed by atoms with E-state index in [0.29, 0.717) is 126 Å². The van der Waals surface area contributed by atoms with Crippen LogP contribution < -0.4 is 0 Å². The normalized spacial score (nSPS) is 12.1. The number of aliphatic hydroxyl groups is 2. The number of hydrogen-bond acceptors (Lipinski definition) is 13. The summed E-state index contributed by atoms with van der Waals surface area (Å²) in [7, 11) is 0. The molecule has 0 fully saturated rings. The van der Waals surface area contributed by atoms with Crippen LogP contribution in [0.2, 0.25) is 0 Å². The van der Waals surface area contributed by atoms with E-state index in [-0.39, 0.29) is 25.6 Å². The molecule has 2 N–H and O–H groups in total. The van der Waals surface area contributed by atoms with E-state index in [1.54, 1.807) is 6.08 Å². The van der Waals surface area contributed by atoms with Crippen LogP contribution in [-0.2, 0) is 52.1 Å². The Bertz CT molecular complexity index is 525. The van der Waals surface area contributed by atoms with Crippen molar-refractivity contribution in [2.24, 2.45) is 0 Å². The van der Waals surface area contributed by atoms with Crippen molar-refractivity contribution in [2.45, 2.75) is 6.10 Å². The van der Waals surface area contributed by atoms with Gasteiger partial charge < -0.3 is 62.3 Å². The van der Waals surface area contributed by atoms with E-state index in [1.807, 2.05) is 0 Å². The molecule has 0 aromatic rings. The van der Waals surface area contributed by atoms with E-state index in [1.165, 1.54) is 0 Å². The van der Waals surface area contributed by atoms with Crippen molar-refractivity contribution >= 4 is 0 Å². The van der Waals surface area contributed by atoms with Gasteiger partial charge >= 0.3 is 0 Å². The van der Waals surface area contributed by atoms with Gasteiger partial charge in [0.2, 0.25) is 0 Å². The van der Waals surface area contributed by atoms with E-state index in [2.05, 4.69) is 13.2 Å². The molecular weight excluding hydrogens is 532 g/mol. The van der Waals surface area contributed by atoms with Crippen LogP contribution in [0.4, 0.5) is 0 Å². The molecule has 13 heteroatoms. The summed E-state index contributed by atoms with van der Waals surface area (Å²) in [5.41, 5.74) is 0. The summed E-state index contributed by atoms with van der Waals surface area (Å²) in [6, 6.07) is 0. The summed E-state index contributed by atoms with van der Waals surface area (Å²) in [5.74, 6) is -0.0841. The minimum absolute atomic E-state index is 0.00349. The Morgan fingerprint density at radius 2 is 0.750 bits per heavy atom. The zero-order valence-electron chi connectivity index (χ0n) is 24.0. The highest BCUT2D eigenvalue weighted by Gasteiger charge is 2.04. The van der Waals surface area contributed by atoms with Gasteiger partial charge in [0.05, 0.1) is 139 Å². The third-order valence-electron chi connectivity index (χ3n) is 4.47. The van der Waals surface area contributed by atoms with Gasteiger partial charge in [0, 0.05) is 0 Å². The van der Waals surface area contributed by atoms with E-state index in [0.717, 1.165) is 0 Å². The average Bonchev–Trinajstić information content (AvgIpc) is 2.94. The summed E-state index contributed by atoms with van der Waals surface area (Å²) in [4.78, 5) is 0. The SMILES string of the molecule is C=CCOCCOCCOCCOCCOCCOCCOCCOCCOCCOCC(O)COCC(=C)O. The van der Waals surface area contributed by atoms with Crippen LogP contribution in [-0.4, -0.2) is 162 Å². The van der Waals surface area contributed by atoms with Crippen molar-refractivity contribution in [1.29, 1.82) is 0 Å². The van der Waals surface area contributed by atoms with Crippen molar-refractivity contribution in [3.05, 3.63) is 25.0 Å². The van der Waals surface area contributed by atoms with Crippen molar-refractivity contribution in [3.63, 3.8) is 0 Å². The van der Waals surface area contributed by atoms with E-state index < -0.39 is 6.10 Å². The van der Waals surface area contributed by atoms with Gasteiger partial charge in [-0.15, -0.1) is 6.58 Å². The minimum atomic E-state index is -0.764. The van der Waals surface area contributed by atoms with Gasteiger partial charge in [0.25, 0.3) is 0 Å². The number of ether oxygens (including phenoxy) is 11. The van der Waals surface area contributed by atoms with Gasteiger partial charge in [-0.2, -0.15) is 0 Å². The Labute approximate surface area is 239 Å². The molecule has 0 aliphatic heterocycles. The molecule has 0 aromatic heterocycles. The van der Waals surface area contributed by atoms with Crippen LogP contribution in [0, 0.1) is 0 Å². The molecule has 0 heterocycles. The third kappa shape index (κ3) is 34.8. The monoisotopic (exact) mass is 584 g/mol. The standard InChI is InChI=1S/C27H52O13/c1-3-4-30-5-6-31-7-8-32-9-10-33-11-12-34-13-14-35-15-16-36-17-18-37-19-20-38-21-22-39-24-27(29)25-40-23-26(2)28/h3,27-29H,1-2,4-25H2. The summed E-state index contributed by atoms with van der Waals surface area (Å²) < 4.78 is 58.8. The van der Waals surface area contributed by atoms with Gasteiger partial charge in [-0.25, -0.2) is 0 Å². The quantitative estimate of drug-likeness (QED) is 0.0616. The maximum absolute atomic E-state index is 9.61. The fourth-order valence-corrected chi connectivity index (χ4v) is 2.62. The van der Waals surface area contributed by atoms with Gasteiger partial charge in [-0.05, 0) is 0 Å². The zero-order chi connectivity index (χ0) is 29.2. The topological polar surface area (TPSA) is 142 Å². The molecule has 0 saturated heterocycles. The van der Waals surface area contributed by atoms with E-state index in [4.69, 9.17) is 57.2 Å². The Morgan fingerprint density at radius 1 is 0.475 bits per heavy atom. The van der Waals surface area contributed by atoms with Crippen LogP contribution in [0.5, 0.6) is 0 Å². The predicted molar refractivity (Wildman–Crippen MR) is 147 cm³/mol. The lowest BCUT2D eigenvalue weighted by molar-refractivity contribution is -0.0397. The molecule has 40 heavy (non-hydrogen) atoms. The highest BCUT2D eigenvalue weighted by molar-refractivity contribution is 4.77. The highest BCUT2D eigenvalue weighted by Crippen LogP contribution is 1.92. The molecule has 1 atom stereocenters. The molecule has 0 rings (SSSR count). The maximum atomic E-state index is 9.61. The second-order valence-corrected chi connectivity index (χ2v) is 8.07. The van der Waals surface area contributed by atoms with Gasteiger partial charge in [-0.1, -0.05) is 12.7 Å². The second kappa shape index (κ2) is 34.0. The van der Waals surface area contributed by atoms with E-state index >= 15 is 0 Å². The molecular formula is C27H52O13. The Kier molecular flexibility index (Phi) is 33.0. The number of hydrogen-bond donors (Lipinski definition) is 2. The second-order valence-electron chi connectivity index (χ2n) is 8.07. The predicted octanol–water partition coefficient (Wildman–Crippen LogP) is 0.788. The maximum Gasteiger partial charge on any atom is 0.111 e. The van der Waals surface area contributed by atoms with Gasteiger partial charge in [0.1, 0.15) is 18.5 Å². The Morgan fingerprint density at radius 3 is 1.05 bits per heavy atom. The molecule has 0 amide bonds. The molecule has 0 spiro atoms. The first-order valence-corrected chi connectivity index (χ1v) is 13.7. The zero-order valence-corrected chi connectivity index (χ0v) is 24.0. The van der Waals surface area contributed by atoms with E-state index in [9.17, 15) is 5.11 Å².